The maximum Gasteiger partial charge on any atom is 0.331 e. The first-order valence-electron chi connectivity index (χ1n) is 8.40. The van der Waals surface area contributed by atoms with E-state index in [-0.39, 0.29) is 22.6 Å². The number of carbonyl (C=O) groups is 1. The average molecular weight is 399 g/mol. The Bertz CT molecular complexity index is 1160. The van der Waals surface area contributed by atoms with E-state index in [0.717, 1.165) is 16.5 Å². The minimum atomic E-state index is -0.789. The largest absolute Gasteiger partial charge is 0.451 e. The number of benzene rings is 1. The number of fused-ring (bicyclic) bond motifs is 1. The molecule has 1 aromatic carbocycles. The molecule has 3 aromatic rings. The molecule has 9 heteroatoms. The van der Waals surface area contributed by atoms with Gasteiger partial charge in [-0.1, -0.05) is 12.1 Å². The number of H-pyrrole nitrogens is 1. The van der Waals surface area contributed by atoms with Gasteiger partial charge in [0.25, 0.3) is 11.2 Å². The summed E-state index contributed by atoms with van der Waals surface area (Å²) in [7, 11) is 0. The van der Waals surface area contributed by atoms with Crippen molar-refractivity contribution >= 4 is 39.3 Å². The van der Waals surface area contributed by atoms with Crippen molar-refractivity contribution in [1.82, 2.24) is 9.97 Å². The molecule has 0 saturated heterocycles. The number of thiophene rings is 1. The zero-order valence-electron chi connectivity index (χ0n) is 15.4. The molecular weight excluding hydrogens is 382 g/mol. The van der Waals surface area contributed by atoms with Gasteiger partial charge in [0.2, 0.25) is 0 Å². The zero-order chi connectivity index (χ0) is 20.4. The summed E-state index contributed by atoms with van der Waals surface area (Å²) in [6, 6.07) is 6.06. The molecule has 144 valence electrons. The van der Waals surface area contributed by atoms with Gasteiger partial charge in [-0.15, -0.1) is 11.3 Å². The van der Waals surface area contributed by atoms with Gasteiger partial charge in [-0.05, 0) is 38.5 Å². The van der Waals surface area contributed by atoms with Crippen LogP contribution < -0.4 is 5.56 Å². The predicted octanol–water partition coefficient (Wildman–Crippen LogP) is 3.83. The van der Waals surface area contributed by atoms with Crippen LogP contribution in [0.1, 0.15) is 34.9 Å². The van der Waals surface area contributed by atoms with E-state index in [0.29, 0.717) is 10.2 Å². The van der Waals surface area contributed by atoms with Gasteiger partial charge in [-0.3, -0.25) is 14.9 Å². The van der Waals surface area contributed by atoms with Crippen LogP contribution in [0.5, 0.6) is 0 Å². The molecule has 1 atom stereocenters. The summed E-state index contributed by atoms with van der Waals surface area (Å²) in [6.45, 7) is 5.37. The molecule has 0 unspecified atom stereocenters. The molecule has 0 aliphatic rings. The van der Waals surface area contributed by atoms with Gasteiger partial charge in [0.05, 0.1) is 15.9 Å². The lowest BCUT2D eigenvalue weighted by molar-refractivity contribution is -0.385. The fourth-order valence-electron chi connectivity index (χ4n) is 2.69. The zero-order valence-corrected chi connectivity index (χ0v) is 16.2. The van der Waals surface area contributed by atoms with Crippen molar-refractivity contribution in [2.45, 2.75) is 26.9 Å². The molecule has 2 aromatic heterocycles. The molecule has 0 aliphatic heterocycles. The molecule has 0 spiro atoms. The van der Waals surface area contributed by atoms with E-state index < -0.39 is 17.0 Å². The molecule has 1 N–H and O–H groups in total. The van der Waals surface area contributed by atoms with Crippen LogP contribution in [0.3, 0.4) is 0 Å². The number of ether oxygens (including phenoxy) is 1. The van der Waals surface area contributed by atoms with E-state index in [1.165, 1.54) is 29.5 Å². The fraction of sp³-hybridized carbons (Fsp3) is 0.211. The van der Waals surface area contributed by atoms with Crippen molar-refractivity contribution in [3.63, 3.8) is 0 Å². The van der Waals surface area contributed by atoms with E-state index >= 15 is 0 Å². The lowest BCUT2D eigenvalue weighted by atomic mass is 10.1. The number of rotatable bonds is 5. The van der Waals surface area contributed by atoms with Crippen LogP contribution in [0.15, 0.2) is 35.1 Å². The third-order valence-electron chi connectivity index (χ3n) is 4.27. The Morgan fingerprint density at radius 2 is 2.07 bits per heavy atom. The van der Waals surface area contributed by atoms with Gasteiger partial charge in [0.15, 0.2) is 11.9 Å². The maximum atomic E-state index is 12.3. The quantitative estimate of drug-likeness (QED) is 0.302. The van der Waals surface area contributed by atoms with Gasteiger partial charge < -0.3 is 9.72 Å². The Labute approximate surface area is 163 Å². The van der Waals surface area contributed by atoms with Crippen LogP contribution in [0.25, 0.3) is 16.3 Å². The number of aryl methyl sites for hydroxylation is 2. The number of nitro benzene ring substituents is 1. The topological polar surface area (TPSA) is 115 Å². The lowest BCUT2D eigenvalue weighted by Gasteiger charge is -2.11. The lowest BCUT2D eigenvalue weighted by Crippen LogP contribution is -2.16. The second-order valence-electron chi connectivity index (χ2n) is 6.14. The van der Waals surface area contributed by atoms with E-state index in [4.69, 9.17) is 4.74 Å². The van der Waals surface area contributed by atoms with Crippen molar-refractivity contribution in [2.24, 2.45) is 0 Å². The Balaban J connectivity index is 1.79. The Morgan fingerprint density at radius 1 is 1.36 bits per heavy atom. The minimum absolute atomic E-state index is 0.112. The van der Waals surface area contributed by atoms with Crippen LogP contribution in [0.4, 0.5) is 5.69 Å². The Hall–Kier alpha value is -3.33. The number of nitrogens with one attached hydrogen (secondary N) is 1. The second kappa shape index (κ2) is 7.73. The Morgan fingerprint density at radius 3 is 2.79 bits per heavy atom. The van der Waals surface area contributed by atoms with E-state index in [1.54, 1.807) is 19.1 Å². The standard InChI is InChI=1S/C19H17N3O5S/c1-10-12(3)28-19-16(10)18(24)20-17(21-19)11(2)27-15(23)9-8-13-6-4-5-7-14(13)22(25)26/h4-9,11H,1-3H3,(H,20,21,24)/b9-8+/t11-/m0/s1. The molecule has 0 amide bonds. The molecule has 0 aliphatic carbocycles. The molecule has 8 nitrogen and oxygen atoms in total. The number of nitrogens with zero attached hydrogens (tertiary/aromatic N) is 2. The van der Waals surface area contributed by atoms with Gasteiger partial charge in [0, 0.05) is 17.0 Å². The van der Waals surface area contributed by atoms with Gasteiger partial charge in [-0.2, -0.15) is 0 Å². The van der Waals surface area contributed by atoms with Crippen molar-refractivity contribution in [3.05, 3.63) is 72.6 Å². The third kappa shape index (κ3) is 3.84. The highest BCUT2D eigenvalue weighted by Gasteiger charge is 2.17. The summed E-state index contributed by atoms with van der Waals surface area (Å²) < 4.78 is 5.28. The van der Waals surface area contributed by atoms with Gasteiger partial charge in [0.1, 0.15) is 4.83 Å². The number of nitro groups is 1. The summed E-state index contributed by atoms with van der Waals surface area (Å²) in [5, 5.41) is 11.6. The normalized spacial score (nSPS) is 12.4. The van der Waals surface area contributed by atoms with Crippen molar-refractivity contribution in [3.8, 4) is 0 Å². The number of hydrogen-bond donors (Lipinski definition) is 1. The van der Waals surface area contributed by atoms with Crippen molar-refractivity contribution in [2.75, 3.05) is 0 Å². The number of hydrogen-bond acceptors (Lipinski definition) is 7. The molecule has 0 fully saturated rings. The highest BCUT2D eigenvalue weighted by Crippen LogP contribution is 2.27. The van der Waals surface area contributed by atoms with Crippen molar-refractivity contribution in [1.29, 1.82) is 0 Å². The third-order valence-corrected chi connectivity index (χ3v) is 5.37. The van der Waals surface area contributed by atoms with Crippen LogP contribution in [-0.2, 0) is 9.53 Å². The summed E-state index contributed by atoms with van der Waals surface area (Å²) in [6.07, 6.45) is 1.63. The predicted molar refractivity (Wildman–Crippen MR) is 106 cm³/mol. The molecule has 3 rings (SSSR count). The number of para-hydroxylation sites is 1. The monoisotopic (exact) mass is 399 g/mol. The van der Waals surface area contributed by atoms with E-state index in [2.05, 4.69) is 9.97 Å². The highest BCUT2D eigenvalue weighted by atomic mass is 32.1. The molecule has 2 heterocycles. The number of aromatic nitrogens is 2. The fourth-order valence-corrected chi connectivity index (χ4v) is 3.72. The minimum Gasteiger partial charge on any atom is -0.451 e. The smallest absolute Gasteiger partial charge is 0.331 e. The number of carbonyl (C=O) groups excluding carboxylic acids is 1. The first kappa shape index (κ1) is 19.4. The molecular formula is C19H17N3O5S. The SMILES string of the molecule is Cc1sc2nc([C@H](C)OC(=O)/C=C/c3ccccc3[N+](=O)[O-])[nH]c(=O)c2c1C. The van der Waals surface area contributed by atoms with Crippen LogP contribution in [0, 0.1) is 24.0 Å². The summed E-state index contributed by atoms with van der Waals surface area (Å²) in [5.74, 6) is -0.460. The number of esters is 1. The summed E-state index contributed by atoms with van der Waals surface area (Å²) in [4.78, 5) is 43.6. The molecule has 28 heavy (non-hydrogen) atoms. The summed E-state index contributed by atoms with van der Waals surface area (Å²) in [5.41, 5.74) is 0.784. The maximum absolute atomic E-state index is 12.3. The molecule has 0 radical (unpaired) electrons. The first-order chi connectivity index (χ1) is 13.3. The molecule has 0 saturated carbocycles. The van der Waals surface area contributed by atoms with Crippen LogP contribution in [0.2, 0.25) is 0 Å². The summed E-state index contributed by atoms with van der Waals surface area (Å²) >= 11 is 1.41. The van der Waals surface area contributed by atoms with Gasteiger partial charge in [-0.25, -0.2) is 9.78 Å². The average Bonchev–Trinajstić information content (AvgIpc) is 2.94. The number of aromatic amines is 1. The van der Waals surface area contributed by atoms with Gasteiger partial charge >= 0.3 is 5.97 Å². The first-order valence-corrected chi connectivity index (χ1v) is 9.21. The van der Waals surface area contributed by atoms with Crippen LogP contribution in [-0.4, -0.2) is 20.9 Å². The highest BCUT2D eigenvalue weighted by molar-refractivity contribution is 7.18. The molecule has 0 bridgehead atoms. The van der Waals surface area contributed by atoms with E-state index in [9.17, 15) is 19.7 Å². The van der Waals surface area contributed by atoms with Crippen molar-refractivity contribution < 1.29 is 14.5 Å². The van der Waals surface area contributed by atoms with Crippen LogP contribution >= 0.6 is 11.3 Å². The van der Waals surface area contributed by atoms with E-state index in [1.807, 2.05) is 13.8 Å². The Kier molecular flexibility index (Phi) is 5.36. The second-order valence-corrected chi connectivity index (χ2v) is 7.35.